The van der Waals surface area contributed by atoms with Gasteiger partial charge in [0.05, 0.1) is 6.10 Å². The third kappa shape index (κ3) is 2.35. The predicted octanol–water partition coefficient (Wildman–Crippen LogP) is 1.95. The molecule has 2 aliphatic heterocycles. The summed E-state index contributed by atoms with van der Waals surface area (Å²) in [5.74, 6) is 2.65. The maximum absolute atomic E-state index is 12.3. The summed E-state index contributed by atoms with van der Waals surface area (Å²) < 4.78 is 5.88. The minimum absolute atomic E-state index is 0.0747. The van der Waals surface area contributed by atoms with Crippen LogP contribution in [0.5, 0.6) is 0 Å². The summed E-state index contributed by atoms with van der Waals surface area (Å²) in [4.78, 5) is 14.3. The third-order valence-corrected chi connectivity index (χ3v) is 5.85. The number of nitrogens with one attached hydrogen (secondary N) is 1. The minimum Gasteiger partial charge on any atom is -0.377 e. The summed E-state index contributed by atoms with van der Waals surface area (Å²) in [6, 6.07) is 0.405. The van der Waals surface area contributed by atoms with Crippen molar-refractivity contribution in [2.45, 2.75) is 38.8 Å². The molecule has 1 N–H and O–H groups in total. The average molecular weight is 284 g/mol. The van der Waals surface area contributed by atoms with E-state index in [2.05, 4.69) is 19.2 Å². The maximum Gasteiger partial charge on any atom is 0.317 e. The number of fused-ring (bicyclic) bond motifs is 1. The Morgan fingerprint density at radius 3 is 2.84 bits per heavy atom. The molecule has 0 radical (unpaired) electrons. The van der Waals surface area contributed by atoms with E-state index in [0.717, 1.165) is 37.6 Å². The lowest BCUT2D eigenvalue weighted by molar-refractivity contribution is -0.189. The Kier molecular flexibility index (Phi) is 3.69. The van der Waals surface area contributed by atoms with Gasteiger partial charge < -0.3 is 15.0 Å². The van der Waals surface area contributed by atoms with Crippen molar-refractivity contribution in [3.63, 3.8) is 0 Å². The lowest BCUT2D eigenvalue weighted by atomic mass is 9.55. The Morgan fingerprint density at radius 2 is 2.11 bits per heavy atom. The second-order valence-corrected chi connectivity index (χ2v) is 7.67. The number of urea groups is 1. The molecular weight excluding hydrogens is 260 g/mol. The van der Waals surface area contributed by atoms with Gasteiger partial charge in [-0.1, -0.05) is 13.8 Å². The van der Waals surface area contributed by atoms with Crippen LogP contribution in [0, 0.1) is 11.3 Å². The first-order chi connectivity index (χ1) is 9.10. The molecule has 0 bridgehead atoms. The number of thioether (sulfide) groups is 1. The van der Waals surface area contributed by atoms with E-state index in [9.17, 15) is 4.79 Å². The Morgan fingerprint density at radius 1 is 1.37 bits per heavy atom. The number of rotatable bonds is 1. The number of nitrogens with zero attached hydrogens (tertiary/aromatic N) is 1. The maximum atomic E-state index is 12.3. The van der Waals surface area contributed by atoms with Gasteiger partial charge in [0.15, 0.2) is 0 Å². The summed E-state index contributed by atoms with van der Waals surface area (Å²) in [6.45, 7) is 7.09. The van der Waals surface area contributed by atoms with Crippen molar-refractivity contribution >= 4 is 17.8 Å². The second-order valence-electron chi connectivity index (χ2n) is 6.45. The van der Waals surface area contributed by atoms with Crippen molar-refractivity contribution < 1.29 is 9.53 Å². The number of carbonyl (C=O) groups is 1. The first-order valence-corrected chi connectivity index (χ1v) is 8.51. The summed E-state index contributed by atoms with van der Waals surface area (Å²) in [5, 5.41) is 3.27. The molecule has 3 rings (SSSR count). The van der Waals surface area contributed by atoms with Gasteiger partial charge in [0.2, 0.25) is 0 Å². The second kappa shape index (κ2) is 5.17. The van der Waals surface area contributed by atoms with Crippen LogP contribution in [0.2, 0.25) is 0 Å². The molecule has 2 heterocycles. The van der Waals surface area contributed by atoms with Crippen molar-refractivity contribution in [2.75, 3.05) is 31.2 Å². The fraction of sp³-hybridized carbons (Fsp3) is 0.929. The molecule has 0 aromatic carbocycles. The Labute approximate surface area is 119 Å². The van der Waals surface area contributed by atoms with E-state index in [4.69, 9.17) is 4.74 Å². The monoisotopic (exact) mass is 284 g/mol. The van der Waals surface area contributed by atoms with Crippen LogP contribution in [0.1, 0.15) is 26.7 Å². The molecule has 1 aliphatic carbocycles. The highest BCUT2D eigenvalue weighted by Crippen LogP contribution is 2.51. The smallest absolute Gasteiger partial charge is 0.317 e. The minimum atomic E-state index is 0.0747. The van der Waals surface area contributed by atoms with Crippen molar-refractivity contribution in [2.24, 2.45) is 11.3 Å². The Hall–Kier alpha value is -0.420. The summed E-state index contributed by atoms with van der Waals surface area (Å²) in [6.07, 6.45) is 2.65. The molecule has 108 valence electrons. The van der Waals surface area contributed by atoms with E-state index in [-0.39, 0.29) is 17.5 Å². The number of hydrogen-bond donors (Lipinski definition) is 1. The largest absolute Gasteiger partial charge is 0.377 e. The molecule has 1 saturated carbocycles. The lowest BCUT2D eigenvalue weighted by Crippen LogP contribution is -2.71. The first-order valence-electron chi connectivity index (χ1n) is 7.35. The molecule has 0 aromatic heterocycles. The van der Waals surface area contributed by atoms with Gasteiger partial charge in [0, 0.05) is 48.6 Å². The van der Waals surface area contributed by atoms with Crippen molar-refractivity contribution in [1.29, 1.82) is 0 Å². The van der Waals surface area contributed by atoms with E-state index in [1.54, 1.807) is 0 Å². The van der Waals surface area contributed by atoms with Gasteiger partial charge in [-0.15, -0.1) is 0 Å². The predicted molar refractivity (Wildman–Crippen MR) is 77.5 cm³/mol. The molecule has 0 aromatic rings. The molecular formula is C14H24N2O2S. The SMILES string of the molecule is CC1(C)[C@H](NC(=O)N2CCSCC2)[C@H]2CCCO[C@@H]21. The summed E-state index contributed by atoms with van der Waals surface area (Å²) >= 11 is 1.93. The van der Waals surface area contributed by atoms with Gasteiger partial charge in [-0.2, -0.15) is 11.8 Å². The van der Waals surface area contributed by atoms with Crippen LogP contribution >= 0.6 is 11.8 Å². The normalized spacial score (nSPS) is 37.2. The molecule has 0 unspecified atom stereocenters. The fourth-order valence-electron chi connectivity index (χ4n) is 3.81. The van der Waals surface area contributed by atoms with E-state index in [1.807, 2.05) is 16.7 Å². The molecule has 2 saturated heterocycles. The number of ether oxygens (including phenoxy) is 1. The first kappa shape index (κ1) is 13.6. The molecule has 2 amide bonds. The number of amides is 2. The molecule has 0 spiro atoms. The highest BCUT2D eigenvalue weighted by molar-refractivity contribution is 7.99. The van der Waals surface area contributed by atoms with Crippen LogP contribution < -0.4 is 5.32 Å². The highest BCUT2D eigenvalue weighted by Gasteiger charge is 2.58. The fourth-order valence-corrected chi connectivity index (χ4v) is 4.71. The summed E-state index contributed by atoms with van der Waals surface area (Å²) in [5.41, 5.74) is 0.0747. The van der Waals surface area contributed by atoms with Gasteiger partial charge in [-0.05, 0) is 12.8 Å². The molecule has 19 heavy (non-hydrogen) atoms. The van der Waals surface area contributed by atoms with Crippen LogP contribution in [-0.2, 0) is 4.74 Å². The quantitative estimate of drug-likeness (QED) is 0.800. The van der Waals surface area contributed by atoms with Gasteiger partial charge in [0.25, 0.3) is 0 Å². The van der Waals surface area contributed by atoms with Crippen LogP contribution in [0.4, 0.5) is 4.79 Å². The lowest BCUT2D eigenvalue weighted by Gasteiger charge is -2.60. The van der Waals surface area contributed by atoms with Gasteiger partial charge >= 0.3 is 6.03 Å². The molecule has 4 nitrogen and oxygen atoms in total. The van der Waals surface area contributed by atoms with Gasteiger partial charge in [0.1, 0.15) is 0 Å². The van der Waals surface area contributed by atoms with Crippen molar-refractivity contribution in [1.82, 2.24) is 10.2 Å². The summed E-state index contributed by atoms with van der Waals surface area (Å²) in [7, 11) is 0. The number of carbonyl (C=O) groups excluding carboxylic acids is 1. The van der Waals surface area contributed by atoms with Gasteiger partial charge in [-0.3, -0.25) is 0 Å². The Bertz CT molecular complexity index is 355. The van der Waals surface area contributed by atoms with Crippen LogP contribution in [-0.4, -0.2) is 54.3 Å². The molecule has 5 heteroatoms. The van der Waals surface area contributed by atoms with Crippen molar-refractivity contribution in [3.8, 4) is 0 Å². The highest BCUT2D eigenvalue weighted by atomic mass is 32.2. The topological polar surface area (TPSA) is 41.6 Å². The zero-order valence-electron chi connectivity index (χ0n) is 11.9. The Balaban J connectivity index is 1.61. The number of hydrogen-bond acceptors (Lipinski definition) is 3. The van der Waals surface area contributed by atoms with Gasteiger partial charge in [-0.25, -0.2) is 4.79 Å². The van der Waals surface area contributed by atoms with E-state index < -0.39 is 0 Å². The van der Waals surface area contributed by atoms with Crippen LogP contribution in [0.3, 0.4) is 0 Å². The molecule has 3 aliphatic rings. The molecule has 3 fully saturated rings. The van der Waals surface area contributed by atoms with Crippen LogP contribution in [0.15, 0.2) is 0 Å². The van der Waals surface area contributed by atoms with E-state index in [0.29, 0.717) is 12.0 Å². The zero-order chi connectivity index (χ0) is 13.5. The third-order valence-electron chi connectivity index (χ3n) is 4.91. The standard InChI is InChI=1S/C14H24N2O2S/c1-14(2)11(10-4-3-7-18-12(10)14)15-13(17)16-5-8-19-9-6-16/h10-12H,3-9H2,1-2H3,(H,15,17)/t10-,11-,12+/m1/s1. The zero-order valence-corrected chi connectivity index (χ0v) is 12.7. The molecule has 3 atom stereocenters. The van der Waals surface area contributed by atoms with E-state index in [1.165, 1.54) is 6.42 Å². The van der Waals surface area contributed by atoms with Crippen LogP contribution in [0.25, 0.3) is 0 Å². The van der Waals surface area contributed by atoms with Crippen molar-refractivity contribution in [3.05, 3.63) is 0 Å². The average Bonchev–Trinajstić information content (AvgIpc) is 2.45. The van der Waals surface area contributed by atoms with E-state index >= 15 is 0 Å².